The van der Waals surface area contributed by atoms with Gasteiger partial charge in [0.2, 0.25) is 0 Å². The molecule has 0 radical (unpaired) electrons. The molecule has 2 heterocycles. The molecule has 3 aromatic rings. The molecule has 1 amide bonds. The number of hydrogen-bond acceptors (Lipinski definition) is 5. The predicted molar refractivity (Wildman–Crippen MR) is 92.2 cm³/mol. The average Bonchev–Trinajstić information content (AvgIpc) is 3.26. The first-order valence-electron chi connectivity index (χ1n) is 7.30. The van der Waals surface area contributed by atoms with Gasteiger partial charge in [-0.15, -0.1) is 11.3 Å². The minimum Gasteiger partial charge on any atom is -0.465 e. The van der Waals surface area contributed by atoms with E-state index in [1.165, 1.54) is 35.8 Å². The molecule has 0 unspecified atom stereocenters. The maximum atomic E-state index is 12.9. The minimum absolute atomic E-state index is 0.0785. The monoisotopic (exact) mass is 353 g/mol. The highest BCUT2D eigenvalue weighted by Crippen LogP contribution is 2.22. The van der Waals surface area contributed by atoms with Gasteiger partial charge in [-0.05, 0) is 29.8 Å². The minimum atomic E-state index is -0.554. The smallest absolute Gasteiger partial charge is 0.268 e. The van der Waals surface area contributed by atoms with E-state index in [0.29, 0.717) is 17.3 Å². The number of amides is 1. The fraction of sp³-hybridized carbons (Fsp3) is 0.0556. The third kappa shape index (κ3) is 4.40. The number of nitrogens with zero attached hydrogens (tertiary/aromatic N) is 2. The lowest BCUT2D eigenvalue weighted by Crippen LogP contribution is -2.13. The molecule has 3 rings (SSSR count). The molecule has 0 aliphatic carbocycles. The van der Waals surface area contributed by atoms with Crippen LogP contribution in [-0.4, -0.2) is 10.9 Å². The number of halogens is 1. The lowest BCUT2D eigenvalue weighted by atomic mass is 10.1. The quantitative estimate of drug-likeness (QED) is 0.555. The Morgan fingerprint density at radius 3 is 2.84 bits per heavy atom. The van der Waals surface area contributed by atoms with E-state index < -0.39 is 5.91 Å². The lowest BCUT2D eigenvalue weighted by molar-refractivity contribution is -0.112. The van der Waals surface area contributed by atoms with Crippen molar-refractivity contribution in [1.82, 2.24) is 4.98 Å². The Morgan fingerprint density at radius 1 is 1.36 bits per heavy atom. The molecule has 7 heteroatoms. The standard InChI is InChI=1S/C18H12FN3O2S/c19-14-5-3-12(4-6-14)8-16-11-21-18(25-16)22-17(23)13(10-20)9-15-2-1-7-24-15/h1-7,9,11H,8H2,(H,21,22,23)/b13-9+. The van der Waals surface area contributed by atoms with Crippen molar-refractivity contribution in [3.8, 4) is 6.07 Å². The van der Waals surface area contributed by atoms with Crippen LogP contribution in [0.5, 0.6) is 0 Å². The van der Waals surface area contributed by atoms with E-state index in [0.717, 1.165) is 10.4 Å². The van der Waals surface area contributed by atoms with Crippen molar-refractivity contribution in [1.29, 1.82) is 5.26 Å². The Hall–Kier alpha value is -3.24. The van der Waals surface area contributed by atoms with Crippen LogP contribution < -0.4 is 5.32 Å². The molecule has 0 bridgehead atoms. The van der Waals surface area contributed by atoms with E-state index in [4.69, 9.17) is 9.68 Å². The van der Waals surface area contributed by atoms with Gasteiger partial charge in [0.05, 0.1) is 6.26 Å². The van der Waals surface area contributed by atoms with Gasteiger partial charge in [0.15, 0.2) is 5.13 Å². The van der Waals surface area contributed by atoms with Gasteiger partial charge in [0.1, 0.15) is 23.2 Å². The first kappa shape index (κ1) is 16.6. The zero-order chi connectivity index (χ0) is 17.6. The molecule has 2 aromatic heterocycles. The summed E-state index contributed by atoms with van der Waals surface area (Å²) in [7, 11) is 0. The largest absolute Gasteiger partial charge is 0.465 e. The van der Waals surface area contributed by atoms with Gasteiger partial charge in [-0.3, -0.25) is 10.1 Å². The van der Waals surface area contributed by atoms with Gasteiger partial charge in [0, 0.05) is 23.6 Å². The number of rotatable bonds is 5. The van der Waals surface area contributed by atoms with Crippen LogP contribution in [0.1, 0.15) is 16.2 Å². The lowest BCUT2D eigenvalue weighted by Gasteiger charge is -1.99. The molecule has 0 spiro atoms. The Labute approximate surface area is 147 Å². The highest BCUT2D eigenvalue weighted by Gasteiger charge is 2.13. The van der Waals surface area contributed by atoms with Crippen molar-refractivity contribution in [3.05, 3.63) is 76.4 Å². The topological polar surface area (TPSA) is 78.9 Å². The number of anilines is 1. The van der Waals surface area contributed by atoms with E-state index in [-0.39, 0.29) is 11.4 Å². The van der Waals surface area contributed by atoms with Gasteiger partial charge < -0.3 is 4.42 Å². The van der Waals surface area contributed by atoms with E-state index in [2.05, 4.69) is 10.3 Å². The van der Waals surface area contributed by atoms with Crippen LogP contribution in [0.3, 0.4) is 0 Å². The first-order valence-corrected chi connectivity index (χ1v) is 8.11. The summed E-state index contributed by atoms with van der Waals surface area (Å²) in [6, 6.07) is 11.4. The van der Waals surface area contributed by atoms with Gasteiger partial charge in [-0.25, -0.2) is 9.37 Å². The second-order valence-electron chi connectivity index (χ2n) is 5.07. The number of furan rings is 1. The molecular formula is C18H12FN3O2S. The maximum absolute atomic E-state index is 12.9. The van der Waals surface area contributed by atoms with Crippen molar-refractivity contribution in [2.75, 3.05) is 5.32 Å². The second-order valence-corrected chi connectivity index (χ2v) is 6.19. The predicted octanol–water partition coefficient (Wildman–Crippen LogP) is 4.01. The Balaban J connectivity index is 1.67. The van der Waals surface area contributed by atoms with Crippen LogP contribution in [0.4, 0.5) is 9.52 Å². The van der Waals surface area contributed by atoms with E-state index >= 15 is 0 Å². The van der Waals surface area contributed by atoms with Crippen molar-refractivity contribution in [2.45, 2.75) is 6.42 Å². The van der Waals surface area contributed by atoms with Crippen molar-refractivity contribution in [3.63, 3.8) is 0 Å². The van der Waals surface area contributed by atoms with Gasteiger partial charge in [-0.1, -0.05) is 12.1 Å². The van der Waals surface area contributed by atoms with Gasteiger partial charge >= 0.3 is 0 Å². The first-order chi connectivity index (χ1) is 12.1. The Bertz CT molecular complexity index is 938. The third-order valence-corrected chi connectivity index (χ3v) is 4.17. The second kappa shape index (κ2) is 7.55. The van der Waals surface area contributed by atoms with E-state index in [9.17, 15) is 9.18 Å². The summed E-state index contributed by atoms with van der Waals surface area (Å²) in [5.74, 6) is -0.419. The zero-order valence-electron chi connectivity index (χ0n) is 12.9. The Morgan fingerprint density at radius 2 is 2.16 bits per heavy atom. The number of nitriles is 1. The highest BCUT2D eigenvalue weighted by atomic mass is 32.1. The summed E-state index contributed by atoms with van der Waals surface area (Å²) >= 11 is 1.30. The number of aromatic nitrogens is 1. The number of hydrogen-bond donors (Lipinski definition) is 1. The van der Waals surface area contributed by atoms with E-state index in [1.54, 1.807) is 30.5 Å². The van der Waals surface area contributed by atoms with Crippen LogP contribution >= 0.6 is 11.3 Å². The molecular weight excluding hydrogens is 341 g/mol. The van der Waals surface area contributed by atoms with Crippen LogP contribution in [0.2, 0.25) is 0 Å². The number of carbonyl (C=O) groups is 1. The molecule has 1 N–H and O–H groups in total. The molecule has 0 aliphatic rings. The summed E-state index contributed by atoms with van der Waals surface area (Å²) in [6.45, 7) is 0. The van der Waals surface area contributed by atoms with Crippen LogP contribution in [0, 0.1) is 17.1 Å². The molecule has 0 saturated heterocycles. The fourth-order valence-electron chi connectivity index (χ4n) is 2.08. The van der Waals surface area contributed by atoms with Gasteiger partial charge in [-0.2, -0.15) is 5.26 Å². The average molecular weight is 353 g/mol. The summed E-state index contributed by atoms with van der Waals surface area (Å²) in [4.78, 5) is 17.2. The zero-order valence-corrected chi connectivity index (χ0v) is 13.7. The molecule has 0 fully saturated rings. The number of thiazole rings is 1. The maximum Gasteiger partial charge on any atom is 0.268 e. The Kier molecular flexibility index (Phi) is 5.02. The summed E-state index contributed by atoms with van der Waals surface area (Å²) in [5, 5.41) is 12.1. The third-order valence-electron chi connectivity index (χ3n) is 3.26. The van der Waals surface area contributed by atoms with Crippen molar-refractivity contribution < 1.29 is 13.6 Å². The number of benzene rings is 1. The number of carbonyl (C=O) groups excluding carboxylic acids is 1. The highest BCUT2D eigenvalue weighted by molar-refractivity contribution is 7.15. The normalized spacial score (nSPS) is 11.1. The fourth-order valence-corrected chi connectivity index (χ4v) is 2.92. The molecule has 0 aliphatic heterocycles. The number of nitrogens with one attached hydrogen (secondary N) is 1. The SMILES string of the molecule is N#C/C(=C\c1ccco1)C(=O)Nc1ncc(Cc2ccc(F)cc2)s1. The summed E-state index contributed by atoms with van der Waals surface area (Å²) < 4.78 is 18.0. The summed E-state index contributed by atoms with van der Waals surface area (Å²) in [6.07, 6.45) is 5.05. The van der Waals surface area contributed by atoms with E-state index in [1.807, 2.05) is 6.07 Å². The van der Waals surface area contributed by atoms with Crippen LogP contribution in [0.25, 0.3) is 6.08 Å². The van der Waals surface area contributed by atoms with Crippen molar-refractivity contribution in [2.24, 2.45) is 0 Å². The molecule has 25 heavy (non-hydrogen) atoms. The van der Waals surface area contributed by atoms with Gasteiger partial charge in [0.25, 0.3) is 5.91 Å². The molecule has 0 saturated carbocycles. The molecule has 1 aromatic carbocycles. The van der Waals surface area contributed by atoms with Crippen molar-refractivity contribution >= 4 is 28.5 Å². The van der Waals surface area contributed by atoms with Crippen LogP contribution in [0.15, 0.2) is 58.8 Å². The molecule has 124 valence electrons. The van der Waals surface area contributed by atoms with Crippen LogP contribution in [-0.2, 0) is 11.2 Å². The summed E-state index contributed by atoms with van der Waals surface area (Å²) in [5.41, 5.74) is 0.864. The molecule has 0 atom stereocenters. The molecule has 5 nitrogen and oxygen atoms in total.